The number of rotatable bonds is 8. The lowest BCUT2D eigenvalue weighted by molar-refractivity contribution is 0.201. The van der Waals surface area contributed by atoms with E-state index in [-0.39, 0.29) is 6.67 Å². The van der Waals surface area contributed by atoms with Crippen LogP contribution >= 0.6 is 0 Å². The van der Waals surface area contributed by atoms with Crippen LogP contribution in [0, 0.1) is 0 Å². The molecule has 1 aliphatic rings. The summed E-state index contributed by atoms with van der Waals surface area (Å²) < 4.78 is 11.9. The van der Waals surface area contributed by atoms with Crippen molar-refractivity contribution in [3.8, 4) is 0 Å². The summed E-state index contributed by atoms with van der Waals surface area (Å²) in [4.78, 5) is 17.2. The number of nitrogens with zero attached hydrogens (tertiary/aromatic N) is 2. The van der Waals surface area contributed by atoms with Gasteiger partial charge < -0.3 is 10.4 Å². The van der Waals surface area contributed by atoms with E-state index >= 15 is 0 Å². The molecule has 5 nitrogen and oxygen atoms in total. The number of aryl methyl sites for hydroxylation is 2. The van der Waals surface area contributed by atoms with Gasteiger partial charge in [0.05, 0.1) is 6.67 Å². The van der Waals surface area contributed by atoms with Gasteiger partial charge in [-0.15, -0.1) is 0 Å². The minimum Gasteiger partial charge on any atom is -0.465 e. The van der Waals surface area contributed by atoms with E-state index < -0.39 is 6.09 Å². The van der Waals surface area contributed by atoms with Gasteiger partial charge >= 0.3 is 6.09 Å². The first kappa shape index (κ1) is 16.7. The van der Waals surface area contributed by atoms with E-state index in [4.69, 9.17) is 0 Å². The third-order valence-electron chi connectivity index (χ3n) is 3.85. The van der Waals surface area contributed by atoms with E-state index in [2.05, 4.69) is 10.3 Å². The highest BCUT2D eigenvalue weighted by Gasteiger charge is 2.23. The molecular formula is C16H24FN3O2. The van der Waals surface area contributed by atoms with Crippen LogP contribution in [-0.4, -0.2) is 42.5 Å². The maximum atomic E-state index is 11.9. The standard InChI is InChI=1S/C16H24FN3O2/c17-9-4-11-18-10-2-1-6-14-8-7-13-5-3-12-20(16(21)22)15(13)19-14/h7-8,18H,1-6,9-12H2,(H,21,22). The summed E-state index contributed by atoms with van der Waals surface area (Å²) in [6, 6.07) is 4.01. The van der Waals surface area contributed by atoms with E-state index in [0.29, 0.717) is 18.8 Å². The number of nitrogens with one attached hydrogen (secondary N) is 1. The van der Waals surface area contributed by atoms with E-state index in [1.54, 1.807) is 0 Å². The first-order valence-corrected chi connectivity index (χ1v) is 7.98. The Kier molecular flexibility index (Phi) is 6.58. The second-order valence-electron chi connectivity index (χ2n) is 5.57. The normalized spacial score (nSPS) is 14.0. The first-order valence-electron chi connectivity index (χ1n) is 7.98. The first-order chi connectivity index (χ1) is 10.7. The van der Waals surface area contributed by atoms with E-state index in [9.17, 15) is 14.3 Å². The van der Waals surface area contributed by atoms with Gasteiger partial charge in [-0.1, -0.05) is 6.07 Å². The Morgan fingerprint density at radius 3 is 2.91 bits per heavy atom. The van der Waals surface area contributed by atoms with Crippen molar-refractivity contribution in [3.63, 3.8) is 0 Å². The number of halogens is 1. The molecule has 0 saturated heterocycles. The molecule has 6 heteroatoms. The molecule has 0 aromatic carbocycles. The summed E-state index contributed by atoms with van der Waals surface area (Å²) in [6.07, 6.45) is 4.22. The molecule has 22 heavy (non-hydrogen) atoms. The number of alkyl halides is 1. The van der Waals surface area contributed by atoms with Crippen molar-refractivity contribution < 1.29 is 14.3 Å². The molecule has 0 fully saturated rings. The number of hydrogen-bond acceptors (Lipinski definition) is 3. The minimum absolute atomic E-state index is 0.272. The smallest absolute Gasteiger partial charge is 0.413 e. The molecule has 0 unspecified atom stereocenters. The van der Waals surface area contributed by atoms with Crippen molar-refractivity contribution >= 4 is 11.9 Å². The number of pyridine rings is 1. The van der Waals surface area contributed by atoms with Crippen LogP contribution in [-0.2, 0) is 12.8 Å². The van der Waals surface area contributed by atoms with Gasteiger partial charge in [0.2, 0.25) is 0 Å². The Bertz CT molecular complexity index is 496. The lowest BCUT2D eigenvalue weighted by atomic mass is 10.0. The number of carbonyl (C=O) groups is 1. The highest BCUT2D eigenvalue weighted by Crippen LogP contribution is 2.25. The highest BCUT2D eigenvalue weighted by molar-refractivity contribution is 5.86. The van der Waals surface area contributed by atoms with Crippen molar-refractivity contribution in [3.05, 3.63) is 23.4 Å². The molecule has 0 radical (unpaired) electrons. The molecule has 0 spiro atoms. The molecule has 1 aliphatic heterocycles. The average molecular weight is 309 g/mol. The van der Waals surface area contributed by atoms with Crippen molar-refractivity contribution in [2.45, 2.75) is 38.5 Å². The number of aromatic nitrogens is 1. The Morgan fingerprint density at radius 1 is 1.32 bits per heavy atom. The molecule has 0 aliphatic carbocycles. The second-order valence-corrected chi connectivity index (χ2v) is 5.57. The maximum absolute atomic E-state index is 11.9. The zero-order valence-corrected chi connectivity index (χ0v) is 12.9. The predicted octanol–water partition coefficient (Wildman–Crippen LogP) is 2.78. The molecule has 0 atom stereocenters. The molecule has 0 saturated carbocycles. The van der Waals surface area contributed by atoms with Gasteiger partial charge in [0.15, 0.2) is 0 Å². The molecule has 1 aromatic rings. The van der Waals surface area contributed by atoms with Crippen LogP contribution in [0.25, 0.3) is 0 Å². The Labute approximate surface area is 130 Å². The summed E-state index contributed by atoms with van der Waals surface area (Å²) in [6.45, 7) is 1.86. The molecule has 2 heterocycles. The third kappa shape index (κ3) is 4.66. The van der Waals surface area contributed by atoms with Crippen LogP contribution in [0.5, 0.6) is 0 Å². The number of carboxylic acid groups (broad SMARTS) is 1. The maximum Gasteiger partial charge on any atom is 0.413 e. The van der Waals surface area contributed by atoms with Crippen molar-refractivity contribution in [1.82, 2.24) is 10.3 Å². The van der Waals surface area contributed by atoms with Crippen molar-refractivity contribution in [1.29, 1.82) is 0 Å². The van der Waals surface area contributed by atoms with Gasteiger partial charge in [0.1, 0.15) is 5.82 Å². The third-order valence-corrected chi connectivity index (χ3v) is 3.85. The minimum atomic E-state index is -0.928. The molecule has 2 N–H and O–H groups in total. The SMILES string of the molecule is O=C(O)N1CCCc2ccc(CCCCNCCCF)nc21. The zero-order chi connectivity index (χ0) is 15.8. The summed E-state index contributed by atoms with van der Waals surface area (Å²) in [5, 5.41) is 12.4. The summed E-state index contributed by atoms with van der Waals surface area (Å²) in [7, 11) is 0. The van der Waals surface area contributed by atoms with Crippen LogP contribution in [0.15, 0.2) is 12.1 Å². The van der Waals surface area contributed by atoms with Crippen LogP contribution in [0.4, 0.5) is 15.0 Å². The van der Waals surface area contributed by atoms with Gasteiger partial charge in [0.25, 0.3) is 0 Å². The highest BCUT2D eigenvalue weighted by atomic mass is 19.1. The predicted molar refractivity (Wildman–Crippen MR) is 84.3 cm³/mol. The summed E-state index contributed by atoms with van der Waals surface area (Å²) >= 11 is 0. The number of amides is 1. The second kappa shape index (κ2) is 8.68. The fourth-order valence-corrected chi connectivity index (χ4v) is 2.68. The molecule has 1 aromatic heterocycles. The molecular weight excluding hydrogens is 285 g/mol. The lowest BCUT2D eigenvalue weighted by Crippen LogP contribution is -2.35. The Balaban J connectivity index is 1.83. The quantitative estimate of drug-likeness (QED) is 0.725. The number of hydrogen-bond donors (Lipinski definition) is 2. The van der Waals surface area contributed by atoms with Crippen molar-refractivity contribution in [2.75, 3.05) is 31.2 Å². The fraction of sp³-hybridized carbons (Fsp3) is 0.625. The van der Waals surface area contributed by atoms with Crippen LogP contribution in [0.1, 0.15) is 36.9 Å². The average Bonchev–Trinajstić information content (AvgIpc) is 2.53. The van der Waals surface area contributed by atoms with Crippen LogP contribution in [0.3, 0.4) is 0 Å². The van der Waals surface area contributed by atoms with E-state index in [0.717, 1.165) is 56.5 Å². The molecule has 122 valence electrons. The van der Waals surface area contributed by atoms with Gasteiger partial charge in [-0.2, -0.15) is 0 Å². The summed E-state index contributed by atoms with van der Waals surface area (Å²) in [5.41, 5.74) is 1.96. The van der Waals surface area contributed by atoms with E-state index in [1.807, 2.05) is 12.1 Å². The van der Waals surface area contributed by atoms with Gasteiger partial charge in [0, 0.05) is 12.2 Å². The van der Waals surface area contributed by atoms with Gasteiger partial charge in [-0.3, -0.25) is 9.29 Å². The van der Waals surface area contributed by atoms with E-state index in [1.165, 1.54) is 4.90 Å². The van der Waals surface area contributed by atoms with Gasteiger partial charge in [-0.25, -0.2) is 9.78 Å². The fourth-order valence-electron chi connectivity index (χ4n) is 2.68. The summed E-state index contributed by atoms with van der Waals surface area (Å²) in [5.74, 6) is 0.609. The molecule has 2 rings (SSSR count). The number of unbranched alkanes of at least 4 members (excludes halogenated alkanes) is 1. The Hall–Kier alpha value is -1.69. The number of fused-ring (bicyclic) bond motifs is 1. The monoisotopic (exact) mass is 309 g/mol. The zero-order valence-electron chi connectivity index (χ0n) is 12.9. The largest absolute Gasteiger partial charge is 0.465 e. The van der Waals surface area contributed by atoms with Crippen molar-refractivity contribution in [2.24, 2.45) is 0 Å². The van der Waals surface area contributed by atoms with Crippen LogP contribution in [0.2, 0.25) is 0 Å². The van der Waals surface area contributed by atoms with Gasteiger partial charge in [-0.05, 0) is 63.2 Å². The topological polar surface area (TPSA) is 65.5 Å². The van der Waals surface area contributed by atoms with Crippen LogP contribution < -0.4 is 10.2 Å². The number of anilines is 1. The lowest BCUT2D eigenvalue weighted by Gasteiger charge is -2.26. The Morgan fingerprint density at radius 2 is 2.14 bits per heavy atom. The molecule has 0 bridgehead atoms. The molecule has 1 amide bonds.